The molecule has 0 unspecified atom stereocenters. The van der Waals surface area contributed by atoms with Crippen LogP contribution in [-0.2, 0) is 6.54 Å². The quantitative estimate of drug-likeness (QED) is 0.621. The Balaban J connectivity index is 2.20. The van der Waals surface area contributed by atoms with Crippen molar-refractivity contribution in [1.29, 1.82) is 0 Å². The van der Waals surface area contributed by atoms with Crippen LogP contribution in [0.5, 0.6) is 0 Å². The summed E-state index contributed by atoms with van der Waals surface area (Å²) in [4.78, 5) is 24.1. The molecule has 1 heterocycles. The molecule has 7 heteroatoms. The highest BCUT2D eigenvalue weighted by atomic mass is 79.9. The van der Waals surface area contributed by atoms with Gasteiger partial charge in [-0.05, 0) is 50.5 Å². The second-order valence-electron chi connectivity index (χ2n) is 4.22. The van der Waals surface area contributed by atoms with Gasteiger partial charge < -0.3 is 4.90 Å². The SMILES string of the molecule is CN(Cc1ccsc1)C(=O)c1ccc(Br)c([N+](=O)[O-])c1. The molecule has 5 nitrogen and oxygen atoms in total. The molecule has 1 amide bonds. The maximum absolute atomic E-state index is 12.2. The third-order valence-corrected chi connectivity index (χ3v) is 4.14. The highest BCUT2D eigenvalue weighted by Gasteiger charge is 2.18. The van der Waals surface area contributed by atoms with Crippen LogP contribution in [0.15, 0.2) is 39.5 Å². The van der Waals surface area contributed by atoms with Crippen molar-refractivity contribution in [3.05, 3.63) is 60.7 Å². The zero-order valence-electron chi connectivity index (χ0n) is 10.6. The summed E-state index contributed by atoms with van der Waals surface area (Å²) in [5, 5.41) is 14.8. The van der Waals surface area contributed by atoms with E-state index in [4.69, 9.17) is 0 Å². The first kappa shape index (κ1) is 14.7. The second-order valence-corrected chi connectivity index (χ2v) is 5.85. The number of halogens is 1. The molecule has 20 heavy (non-hydrogen) atoms. The predicted octanol–water partition coefficient (Wildman–Crippen LogP) is 3.69. The van der Waals surface area contributed by atoms with Crippen LogP contribution in [0.3, 0.4) is 0 Å². The van der Waals surface area contributed by atoms with Gasteiger partial charge in [-0.3, -0.25) is 14.9 Å². The lowest BCUT2D eigenvalue weighted by Gasteiger charge is -2.16. The van der Waals surface area contributed by atoms with Crippen molar-refractivity contribution in [3.8, 4) is 0 Å². The topological polar surface area (TPSA) is 63.5 Å². The Hall–Kier alpha value is -1.73. The molecule has 0 aliphatic carbocycles. The van der Waals surface area contributed by atoms with Crippen LogP contribution >= 0.6 is 27.3 Å². The summed E-state index contributed by atoms with van der Waals surface area (Å²) in [6, 6.07) is 6.32. The maximum atomic E-state index is 12.2. The predicted molar refractivity (Wildman–Crippen MR) is 80.9 cm³/mol. The van der Waals surface area contributed by atoms with E-state index < -0.39 is 4.92 Å². The van der Waals surface area contributed by atoms with E-state index in [9.17, 15) is 14.9 Å². The standard InChI is InChI=1S/C13H11BrN2O3S/c1-15(7-9-4-5-20-8-9)13(17)10-2-3-11(14)12(6-10)16(18)19/h2-6,8H,7H2,1H3. The van der Waals surface area contributed by atoms with Gasteiger partial charge in [-0.25, -0.2) is 0 Å². The van der Waals surface area contributed by atoms with E-state index in [1.54, 1.807) is 24.5 Å². The second kappa shape index (κ2) is 6.15. The van der Waals surface area contributed by atoms with Gasteiger partial charge in [0, 0.05) is 25.2 Å². The van der Waals surface area contributed by atoms with E-state index in [2.05, 4.69) is 15.9 Å². The molecule has 2 rings (SSSR count). The molecule has 0 N–H and O–H groups in total. The van der Waals surface area contributed by atoms with Gasteiger partial charge in [-0.2, -0.15) is 11.3 Å². The third kappa shape index (κ3) is 3.23. The Morgan fingerprint density at radius 2 is 2.20 bits per heavy atom. The van der Waals surface area contributed by atoms with E-state index >= 15 is 0 Å². The van der Waals surface area contributed by atoms with Gasteiger partial charge in [0.1, 0.15) is 0 Å². The molecule has 0 aliphatic heterocycles. The summed E-state index contributed by atoms with van der Waals surface area (Å²) < 4.78 is 0.361. The minimum absolute atomic E-state index is 0.111. The van der Waals surface area contributed by atoms with Crippen molar-refractivity contribution in [2.75, 3.05) is 7.05 Å². The van der Waals surface area contributed by atoms with Crippen LogP contribution in [0.2, 0.25) is 0 Å². The number of hydrogen-bond acceptors (Lipinski definition) is 4. The Morgan fingerprint density at radius 1 is 1.45 bits per heavy atom. The van der Waals surface area contributed by atoms with Crippen LogP contribution in [0.1, 0.15) is 15.9 Å². The number of hydrogen-bond donors (Lipinski definition) is 0. The van der Waals surface area contributed by atoms with Crippen LogP contribution in [0.25, 0.3) is 0 Å². The van der Waals surface area contributed by atoms with E-state index in [0.717, 1.165) is 5.56 Å². The van der Waals surface area contributed by atoms with E-state index in [-0.39, 0.29) is 11.6 Å². The van der Waals surface area contributed by atoms with Crippen LogP contribution in [0.4, 0.5) is 5.69 Å². The summed E-state index contributed by atoms with van der Waals surface area (Å²) in [5.41, 5.74) is 1.23. The van der Waals surface area contributed by atoms with Gasteiger partial charge in [0.2, 0.25) is 0 Å². The smallest absolute Gasteiger partial charge is 0.284 e. The average Bonchev–Trinajstić information content (AvgIpc) is 2.91. The summed E-state index contributed by atoms with van der Waals surface area (Å²) in [6.07, 6.45) is 0. The Kier molecular flexibility index (Phi) is 4.51. The molecule has 0 bridgehead atoms. The number of nitro groups is 1. The first-order valence-corrected chi connectivity index (χ1v) is 7.43. The average molecular weight is 355 g/mol. The van der Waals surface area contributed by atoms with Crippen molar-refractivity contribution in [2.24, 2.45) is 0 Å². The van der Waals surface area contributed by atoms with Crippen molar-refractivity contribution >= 4 is 38.9 Å². The summed E-state index contributed by atoms with van der Waals surface area (Å²) in [5.74, 6) is -0.244. The third-order valence-electron chi connectivity index (χ3n) is 2.74. The normalized spacial score (nSPS) is 10.3. The number of rotatable bonds is 4. The molecule has 0 saturated carbocycles. The number of nitrogens with zero attached hydrogens (tertiary/aromatic N) is 2. The Morgan fingerprint density at radius 3 is 2.80 bits per heavy atom. The minimum Gasteiger partial charge on any atom is -0.337 e. The summed E-state index contributed by atoms with van der Waals surface area (Å²) in [6.45, 7) is 0.478. The summed E-state index contributed by atoms with van der Waals surface area (Å²) in [7, 11) is 1.67. The molecule has 0 fully saturated rings. The molecule has 0 saturated heterocycles. The lowest BCUT2D eigenvalue weighted by atomic mass is 10.1. The number of carbonyl (C=O) groups excluding carboxylic acids is 1. The molecular formula is C13H11BrN2O3S. The van der Waals surface area contributed by atoms with Crippen LogP contribution in [-0.4, -0.2) is 22.8 Å². The van der Waals surface area contributed by atoms with Gasteiger partial charge in [-0.1, -0.05) is 0 Å². The van der Waals surface area contributed by atoms with Crippen molar-refractivity contribution in [3.63, 3.8) is 0 Å². The van der Waals surface area contributed by atoms with Crippen molar-refractivity contribution in [2.45, 2.75) is 6.54 Å². The molecule has 0 radical (unpaired) electrons. The van der Waals surface area contributed by atoms with Gasteiger partial charge >= 0.3 is 0 Å². The monoisotopic (exact) mass is 354 g/mol. The van der Waals surface area contributed by atoms with Gasteiger partial charge in [0.25, 0.3) is 11.6 Å². The first-order valence-electron chi connectivity index (χ1n) is 5.69. The zero-order chi connectivity index (χ0) is 14.7. The molecular weight excluding hydrogens is 344 g/mol. The molecule has 0 atom stereocenters. The Labute approximate surface area is 128 Å². The fraction of sp³-hybridized carbons (Fsp3) is 0.154. The maximum Gasteiger partial charge on any atom is 0.284 e. The molecule has 1 aromatic heterocycles. The summed E-state index contributed by atoms with van der Waals surface area (Å²) >= 11 is 4.66. The number of nitro benzene ring substituents is 1. The van der Waals surface area contributed by atoms with Crippen LogP contribution in [0, 0.1) is 10.1 Å². The fourth-order valence-electron chi connectivity index (χ4n) is 1.73. The van der Waals surface area contributed by atoms with Gasteiger partial charge in [0.05, 0.1) is 9.40 Å². The molecule has 0 aliphatic rings. The van der Waals surface area contributed by atoms with Crippen molar-refractivity contribution in [1.82, 2.24) is 4.90 Å². The lowest BCUT2D eigenvalue weighted by molar-refractivity contribution is -0.385. The largest absolute Gasteiger partial charge is 0.337 e. The molecule has 1 aromatic carbocycles. The van der Waals surface area contributed by atoms with Crippen LogP contribution < -0.4 is 0 Å². The van der Waals surface area contributed by atoms with Gasteiger partial charge in [-0.15, -0.1) is 0 Å². The van der Waals surface area contributed by atoms with Gasteiger partial charge in [0.15, 0.2) is 0 Å². The fourth-order valence-corrected chi connectivity index (χ4v) is 2.79. The molecule has 0 spiro atoms. The van der Waals surface area contributed by atoms with E-state index in [1.807, 2.05) is 16.8 Å². The first-order chi connectivity index (χ1) is 9.49. The zero-order valence-corrected chi connectivity index (χ0v) is 13.0. The lowest BCUT2D eigenvalue weighted by Crippen LogP contribution is -2.26. The Bertz CT molecular complexity index is 643. The molecule has 2 aromatic rings. The van der Waals surface area contributed by atoms with E-state index in [0.29, 0.717) is 16.6 Å². The number of amides is 1. The highest BCUT2D eigenvalue weighted by Crippen LogP contribution is 2.26. The van der Waals surface area contributed by atoms with E-state index in [1.165, 1.54) is 17.0 Å². The minimum atomic E-state index is -0.514. The highest BCUT2D eigenvalue weighted by molar-refractivity contribution is 9.10. The van der Waals surface area contributed by atoms with Crippen molar-refractivity contribution < 1.29 is 9.72 Å². The number of benzene rings is 1. The number of thiophene rings is 1. The number of carbonyl (C=O) groups is 1. The molecule has 104 valence electrons.